The third-order valence-electron chi connectivity index (χ3n) is 3.65. The molecule has 20 heavy (non-hydrogen) atoms. The van der Waals surface area contributed by atoms with E-state index < -0.39 is 0 Å². The molecule has 2 rings (SSSR count). The van der Waals surface area contributed by atoms with Crippen LogP contribution in [0, 0.1) is 0 Å². The molecule has 3 heteroatoms. The molecule has 0 saturated carbocycles. The first kappa shape index (κ1) is 14.3. The lowest BCUT2D eigenvalue weighted by atomic mass is 10.0. The maximum Gasteiger partial charge on any atom is 0.122 e. The fraction of sp³-hybridized carbons (Fsp3) is 0.294. The summed E-state index contributed by atoms with van der Waals surface area (Å²) in [4.78, 5) is 2.24. The molecule has 0 aliphatic rings. The van der Waals surface area contributed by atoms with Gasteiger partial charge in [-0.3, -0.25) is 0 Å². The van der Waals surface area contributed by atoms with Crippen LogP contribution in [0.5, 0.6) is 5.75 Å². The Morgan fingerprint density at radius 3 is 2.60 bits per heavy atom. The van der Waals surface area contributed by atoms with Crippen molar-refractivity contribution in [3.8, 4) is 5.75 Å². The Kier molecular flexibility index (Phi) is 4.51. The number of nitrogen functional groups attached to an aromatic ring is 1. The van der Waals surface area contributed by atoms with Gasteiger partial charge in [-0.2, -0.15) is 0 Å². The van der Waals surface area contributed by atoms with E-state index in [1.54, 1.807) is 7.11 Å². The molecule has 2 aromatic rings. The highest BCUT2D eigenvalue weighted by molar-refractivity contribution is 5.56. The molecule has 0 saturated heterocycles. The maximum atomic E-state index is 5.85. The normalized spacial score (nSPS) is 11.9. The van der Waals surface area contributed by atoms with Crippen molar-refractivity contribution in [2.45, 2.75) is 19.4 Å². The highest BCUT2D eigenvalue weighted by atomic mass is 16.5. The number of anilines is 2. The number of methoxy groups -OCH3 is 1. The second-order valence-corrected chi connectivity index (χ2v) is 5.07. The van der Waals surface area contributed by atoms with Crippen LogP contribution in [0.25, 0.3) is 0 Å². The zero-order valence-electron chi connectivity index (χ0n) is 12.3. The van der Waals surface area contributed by atoms with Gasteiger partial charge in [0.2, 0.25) is 0 Å². The molecule has 0 spiro atoms. The molecule has 0 aromatic heterocycles. The second-order valence-electron chi connectivity index (χ2n) is 5.07. The van der Waals surface area contributed by atoms with E-state index in [2.05, 4.69) is 31.0 Å². The molecule has 1 atom stereocenters. The van der Waals surface area contributed by atoms with E-state index in [0.29, 0.717) is 6.04 Å². The van der Waals surface area contributed by atoms with E-state index in [4.69, 9.17) is 10.5 Å². The molecule has 0 amide bonds. The molecule has 2 N–H and O–H groups in total. The zero-order chi connectivity index (χ0) is 14.5. The molecule has 2 aromatic carbocycles. The third kappa shape index (κ3) is 3.23. The number of ether oxygens (including phenoxy) is 1. The molecular weight excluding hydrogens is 248 g/mol. The number of rotatable bonds is 5. The van der Waals surface area contributed by atoms with Gasteiger partial charge in [0, 0.05) is 24.5 Å². The summed E-state index contributed by atoms with van der Waals surface area (Å²) in [6.07, 6.45) is 0.926. The molecule has 0 bridgehead atoms. The van der Waals surface area contributed by atoms with Crippen LogP contribution >= 0.6 is 0 Å². The highest BCUT2D eigenvalue weighted by Crippen LogP contribution is 2.23. The number of benzene rings is 2. The largest absolute Gasteiger partial charge is 0.496 e. The quantitative estimate of drug-likeness (QED) is 0.847. The lowest BCUT2D eigenvalue weighted by molar-refractivity contribution is 0.408. The van der Waals surface area contributed by atoms with Crippen molar-refractivity contribution in [2.24, 2.45) is 0 Å². The number of nitrogens with zero attached hydrogens (tertiary/aromatic N) is 1. The molecule has 0 aliphatic carbocycles. The number of hydrogen-bond donors (Lipinski definition) is 1. The summed E-state index contributed by atoms with van der Waals surface area (Å²) in [5.41, 5.74) is 8.99. The van der Waals surface area contributed by atoms with E-state index >= 15 is 0 Å². The summed E-state index contributed by atoms with van der Waals surface area (Å²) in [6.45, 7) is 2.20. The average Bonchev–Trinajstić information content (AvgIpc) is 2.47. The average molecular weight is 270 g/mol. The Morgan fingerprint density at radius 1 is 1.15 bits per heavy atom. The standard InChI is InChI=1S/C17H22N2O/c1-13(11-14-7-4-5-10-17(14)20-3)19(2)16-9-6-8-15(18)12-16/h4-10,12-13H,11,18H2,1-3H3. The van der Waals surface area contributed by atoms with Crippen LogP contribution in [0.2, 0.25) is 0 Å². The van der Waals surface area contributed by atoms with Crippen LogP contribution in [-0.2, 0) is 6.42 Å². The number of hydrogen-bond acceptors (Lipinski definition) is 3. The minimum absolute atomic E-state index is 0.355. The van der Waals surface area contributed by atoms with Crippen molar-refractivity contribution in [2.75, 3.05) is 24.8 Å². The number of para-hydroxylation sites is 1. The summed E-state index contributed by atoms with van der Waals surface area (Å²) < 4.78 is 5.41. The van der Waals surface area contributed by atoms with Gasteiger partial charge in [-0.15, -0.1) is 0 Å². The highest BCUT2D eigenvalue weighted by Gasteiger charge is 2.13. The summed E-state index contributed by atoms with van der Waals surface area (Å²) >= 11 is 0. The minimum Gasteiger partial charge on any atom is -0.496 e. The Hall–Kier alpha value is -2.16. The molecule has 1 unspecified atom stereocenters. The zero-order valence-corrected chi connectivity index (χ0v) is 12.3. The van der Waals surface area contributed by atoms with Gasteiger partial charge < -0.3 is 15.4 Å². The Balaban J connectivity index is 2.13. The smallest absolute Gasteiger partial charge is 0.122 e. The summed E-state index contributed by atoms with van der Waals surface area (Å²) in [7, 11) is 3.81. The molecule has 0 radical (unpaired) electrons. The molecule has 106 valence electrons. The van der Waals surface area contributed by atoms with Gasteiger partial charge in [0.05, 0.1) is 7.11 Å². The van der Waals surface area contributed by atoms with Gasteiger partial charge in [-0.1, -0.05) is 24.3 Å². The lowest BCUT2D eigenvalue weighted by Crippen LogP contribution is -2.30. The van der Waals surface area contributed by atoms with Crippen LogP contribution in [0.4, 0.5) is 11.4 Å². The first-order valence-corrected chi connectivity index (χ1v) is 6.82. The van der Waals surface area contributed by atoms with Crippen LogP contribution in [0.15, 0.2) is 48.5 Å². The lowest BCUT2D eigenvalue weighted by Gasteiger charge is -2.28. The third-order valence-corrected chi connectivity index (χ3v) is 3.65. The molecule has 0 aliphatic heterocycles. The Labute approximate surface area is 121 Å². The second kappa shape index (κ2) is 6.33. The first-order valence-electron chi connectivity index (χ1n) is 6.82. The topological polar surface area (TPSA) is 38.5 Å². The predicted molar refractivity (Wildman–Crippen MR) is 85.4 cm³/mol. The van der Waals surface area contributed by atoms with Crippen molar-refractivity contribution >= 4 is 11.4 Å². The maximum absolute atomic E-state index is 5.85. The predicted octanol–water partition coefficient (Wildman–Crippen LogP) is 3.34. The Morgan fingerprint density at radius 2 is 1.90 bits per heavy atom. The van der Waals surface area contributed by atoms with Gasteiger partial charge >= 0.3 is 0 Å². The minimum atomic E-state index is 0.355. The molecule has 3 nitrogen and oxygen atoms in total. The number of nitrogens with two attached hydrogens (primary N) is 1. The Bertz CT molecular complexity index is 568. The van der Waals surface area contributed by atoms with E-state index in [1.807, 2.05) is 36.4 Å². The van der Waals surface area contributed by atoms with Crippen LogP contribution in [-0.4, -0.2) is 20.2 Å². The van der Waals surface area contributed by atoms with E-state index in [0.717, 1.165) is 23.5 Å². The summed E-state index contributed by atoms with van der Waals surface area (Å²) in [5, 5.41) is 0. The monoisotopic (exact) mass is 270 g/mol. The van der Waals surface area contributed by atoms with Crippen LogP contribution < -0.4 is 15.4 Å². The fourth-order valence-electron chi connectivity index (χ4n) is 2.33. The van der Waals surface area contributed by atoms with Crippen LogP contribution in [0.3, 0.4) is 0 Å². The van der Waals surface area contributed by atoms with Gasteiger partial charge in [-0.25, -0.2) is 0 Å². The summed E-state index contributed by atoms with van der Waals surface area (Å²) in [6, 6.07) is 16.5. The SMILES string of the molecule is COc1ccccc1CC(C)N(C)c1cccc(N)c1. The summed E-state index contributed by atoms with van der Waals surface area (Å²) in [5.74, 6) is 0.945. The van der Waals surface area contributed by atoms with Crippen molar-refractivity contribution in [1.29, 1.82) is 0 Å². The van der Waals surface area contributed by atoms with Crippen molar-refractivity contribution in [3.05, 3.63) is 54.1 Å². The molecular formula is C17H22N2O. The number of likely N-dealkylation sites (N-methyl/N-ethyl adjacent to an activating group) is 1. The van der Waals surface area contributed by atoms with Crippen molar-refractivity contribution in [3.63, 3.8) is 0 Å². The van der Waals surface area contributed by atoms with Gasteiger partial charge in [0.15, 0.2) is 0 Å². The van der Waals surface area contributed by atoms with Crippen molar-refractivity contribution in [1.82, 2.24) is 0 Å². The van der Waals surface area contributed by atoms with Gasteiger partial charge in [0.1, 0.15) is 5.75 Å². The van der Waals surface area contributed by atoms with E-state index in [9.17, 15) is 0 Å². The molecule has 0 heterocycles. The van der Waals surface area contributed by atoms with E-state index in [-0.39, 0.29) is 0 Å². The van der Waals surface area contributed by atoms with Crippen molar-refractivity contribution < 1.29 is 4.74 Å². The first-order chi connectivity index (χ1) is 9.61. The van der Waals surface area contributed by atoms with E-state index in [1.165, 1.54) is 5.56 Å². The fourth-order valence-corrected chi connectivity index (χ4v) is 2.33. The van der Waals surface area contributed by atoms with Gasteiger partial charge in [-0.05, 0) is 43.2 Å². The molecule has 0 fully saturated rings. The van der Waals surface area contributed by atoms with Gasteiger partial charge in [0.25, 0.3) is 0 Å². The van der Waals surface area contributed by atoms with Crippen LogP contribution in [0.1, 0.15) is 12.5 Å².